The average Bonchev–Trinajstić information content (AvgIpc) is 3.55. The van der Waals surface area contributed by atoms with Crippen molar-refractivity contribution < 1.29 is 14.1 Å². The number of urea groups is 1. The Bertz CT molecular complexity index is 1350. The Morgan fingerprint density at radius 3 is 2.65 bits per heavy atom. The average molecular weight is 493 g/mol. The number of aromatic nitrogens is 2. The number of allylic oxidation sites excluding steroid dienone is 1. The van der Waals surface area contributed by atoms with Gasteiger partial charge in [-0.1, -0.05) is 53.2 Å². The van der Waals surface area contributed by atoms with Crippen LogP contribution >= 0.6 is 22.9 Å². The van der Waals surface area contributed by atoms with Crippen molar-refractivity contribution in [3.05, 3.63) is 93.8 Å². The van der Waals surface area contributed by atoms with Gasteiger partial charge in [0, 0.05) is 10.7 Å². The number of rotatable bonds is 6. The molecule has 2 amide bonds. The number of amides is 2. The quantitative estimate of drug-likeness (QED) is 0.348. The Hall–Kier alpha value is -3.62. The number of carbonyl (C=O) groups is 1. The van der Waals surface area contributed by atoms with Gasteiger partial charge in [0.2, 0.25) is 5.82 Å². The fourth-order valence-electron chi connectivity index (χ4n) is 3.93. The fourth-order valence-corrected chi connectivity index (χ4v) is 4.78. The number of thiophene rings is 1. The molecule has 172 valence electrons. The molecule has 0 saturated heterocycles. The number of hydrogen-bond acceptors (Lipinski definition) is 6. The smallest absolute Gasteiger partial charge is 0.322 e. The number of ether oxygens (including phenoxy) is 1. The molecule has 1 atom stereocenters. The molecule has 0 radical (unpaired) electrons. The molecule has 1 aliphatic rings. The molecule has 4 aromatic rings. The van der Waals surface area contributed by atoms with Crippen molar-refractivity contribution in [1.82, 2.24) is 20.4 Å². The maximum absolute atomic E-state index is 13.2. The van der Waals surface area contributed by atoms with Gasteiger partial charge in [0.25, 0.3) is 5.89 Å². The van der Waals surface area contributed by atoms with E-state index in [1.807, 2.05) is 73.0 Å². The van der Waals surface area contributed by atoms with Gasteiger partial charge in [0.05, 0.1) is 30.1 Å². The molecular formula is C25H21ClN4O3S. The molecule has 0 fully saturated rings. The van der Waals surface area contributed by atoms with Crippen LogP contribution in [0.15, 0.2) is 76.3 Å². The van der Waals surface area contributed by atoms with E-state index in [0.29, 0.717) is 29.0 Å². The molecule has 1 unspecified atom stereocenters. The minimum atomic E-state index is -0.475. The Labute approximate surface area is 205 Å². The Morgan fingerprint density at radius 1 is 1.15 bits per heavy atom. The van der Waals surface area contributed by atoms with Crippen LogP contribution in [0.1, 0.15) is 30.0 Å². The summed E-state index contributed by atoms with van der Waals surface area (Å²) >= 11 is 7.91. The summed E-state index contributed by atoms with van der Waals surface area (Å²) in [5.41, 5.74) is 3.15. The summed E-state index contributed by atoms with van der Waals surface area (Å²) in [6, 6.07) is 18.2. The van der Waals surface area contributed by atoms with Crippen LogP contribution in [-0.4, -0.2) is 28.2 Å². The largest absolute Gasteiger partial charge is 0.497 e. The lowest BCUT2D eigenvalue weighted by atomic mass is 9.94. The van der Waals surface area contributed by atoms with Crippen molar-refractivity contribution in [2.75, 3.05) is 7.11 Å². The van der Waals surface area contributed by atoms with Gasteiger partial charge in [0.15, 0.2) is 0 Å². The van der Waals surface area contributed by atoms with Crippen LogP contribution < -0.4 is 10.1 Å². The Morgan fingerprint density at radius 2 is 1.94 bits per heavy atom. The highest BCUT2D eigenvalue weighted by Crippen LogP contribution is 2.38. The lowest BCUT2D eigenvalue weighted by Crippen LogP contribution is -2.45. The fraction of sp³-hybridized carbons (Fsp3) is 0.160. The van der Waals surface area contributed by atoms with Crippen molar-refractivity contribution >= 4 is 34.5 Å². The number of carbonyl (C=O) groups excluding carboxylic acids is 1. The number of nitrogens with one attached hydrogen (secondary N) is 1. The van der Waals surface area contributed by atoms with Crippen LogP contribution in [0.25, 0.3) is 16.3 Å². The summed E-state index contributed by atoms with van der Waals surface area (Å²) in [5.74, 6) is 1.59. The molecule has 0 saturated carbocycles. The third-order valence-corrected chi connectivity index (χ3v) is 6.96. The van der Waals surface area contributed by atoms with E-state index in [0.717, 1.165) is 27.3 Å². The van der Waals surface area contributed by atoms with Crippen LogP contribution in [-0.2, 0) is 6.54 Å². The van der Waals surface area contributed by atoms with Crippen LogP contribution in [0.3, 0.4) is 0 Å². The molecule has 34 heavy (non-hydrogen) atoms. The van der Waals surface area contributed by atoms with Crippen molar-refractivity contribution in [1.29, 1.82) is 0 Å². The molecule has 7 nitrogen and oxygen atoms in total. The lowest BCUT2D eigenvalue weighted by Gasteiger charge is -2.35. The summed E-state index contributed by atoms with van der Waals surface area (Å²) in [4.78, 5) is 20.5. The summed E-state index contributed by atoms with van der Waals surface area (Å²) in [7, 11) is 1.62. The van der Waals surface area contributed by atoms with Gasteiger partial charge in [0.1, 0.15) is 5.75 Å². The Balaban J connectivity index is 1.60. The van der Waals surface area contributed by atoms with E-state index < -0.39 is 6.04 Å². The molecule has 1 aliphatic heterocycles. The first kappa shape index (κ1) is 22.2. The maximum Gasteiger partial charge on any atom is 0.322 e. The molecule has 0 bridgehead atoms. The standard InChI is InChI=1S/C25H21ClN4O3S/c1-15-21(24-28-23(29-33-24)20-8-5-13-34-20)22(16-9-11-18(32-2)12-10-16)27-25(31)30(15)14-17-6-3-4-7-19(17)26/h3-13,22H,14H2,1-2H3,(H,27,31). The molecule has 3 heterocycles. The topological polar surface area (TPSA) is 80.5 Å². The van der Waals surface area contributed by atoms with Gasteiger partial charge in [-0.25, -0.2) is 4.79 Å². The molecule has 9 heteroatoms. The van der Waals surface area contributed by atoms with Crippen molar-refractivity contribution in [3.8, 4) is 16.5 Å². The molecule has 2 aromatic carbocycles. The van der Waals surface area contributed by atoms with E-state index in [9.17, 15) is 4.79 Å². The van der Waals surface area contributed by atoms with Gasteiger partial charge in [-0.05, 0) is 47.7 Å². The van der Waals surface area contributed by atoms with Crippen LogP contribution in [0, 0.1) is 0 Å². The highest BCUT2D eigenvalue weighted by molar-refractivity contribution is 7.13. The first-order valence-corrected chi connectivity index (χ1v) is 11.8. The van der Waals surface area contributed by atoms with E-state index in [4.69, 9.17) is 20.9 Å². The molecule has 1 N–H and O–H groups in total. The van der Waals surface area contributed by atoms with Gasteiger partial charge >= 0.3 is 6.03 Å². The second-order valence-corrected chi connectivity index (χ2v) is 9.09. The second-order valence-electron chi connectivity index (χ2n) is 7.73. The third kappa shape index (κ3) is 4.18. The minimum Gasteiger partial charge on any atom is -0.497 e. The number of hydrogen-bond donors (Lipinski definition) is 1. The molecule has 0 spiro atoms. The zero-order valence-corrected chi connectivity index (χ0v) is 20.1. The SMILES string of the molecule is COc1ccc(C2NC(=O)N(Cc3ccccc3Cl)C(C)=C2c2nc(-c3cccs3)no2)cc1. The lowest BCUT2D eigenvalue weighted by molar-refractivity contribution is 0.203. The van der Waals surface area contributed by atoms with Crippen molar-refractivity contribution in [3.63, 3.8) is 0 Å². The van der Waals surface area contributed by atoms with Gasteiger partial charge in [-0.15, -0.1) is 11.3 Å². The maximum atomic E-state index is 13.2. The third-order valence-electron chi connectivity index (χ3n) is 5.73. The van der Waals surface area contributed by atoms with E-state index in [1.54, 1.807) is 12.0 Å². The Kier molecular flexibility index (Phi) is 6.08. The summed E-state index contributed by atoms with van der Waals surface area (Å²) < 4.78 is 11.0. The monoisotopic (exact) mass is 492 g/mol. The minimum absolute atomic E-state index is 0.236. The summed E-state index contributed by atoms with van der Waals surface area (Å²) in [6.07, 6.45) is 0. The van der Waals surface area contributed by atoms with Gasteiger partial charge in [-0.2, -0.15) is 4.98 Å². The van der Waals surface area contributed by atoms with E-state index >= 15 is 0 Å². The van der Waals surface area contributed by atoms with E-state index in [1.165, 1.54) is 11.3 Å². The van der Waals surface area contributed by atoms with E-state index in [2.05, 4.69) is 15.5 Å². The zero-order valence-electron chi connectivity index (χ0n) is 18.5. The first-order chi connectivity index (χ1) is 16.5. The summed E-state index contributed by atoms with van der Waals surface area (Å²) in [5, 5.41) is 9.84. The number of benzene rings is 2. The molecule has 5 rings (SSSR count). The summed E-state index contributed by atoms with van der Waals surface area (Å²) in [6.45, 7) is 2.19. The highest BCUT2D eigenvalue weighted by Gasteiger charge is 2.36. The molecular weight excluding hydrogens is 472 g/mol. The number of methoxy groups -OCH3 is 1. The molecule has 2 aromatic heterocycles. The normalized spacial score (nSPS) is 16.0. The first-order valence-electron chi connectivity index (χ1n) is 10.6. The number of nitrogens with zero attached hydrogens (tertiary/aromatic N) is 3. The van der Waals surface area contributed by atoms with Crippen LogP contribution in [0.2, 0.25) is 5.02 Å². The van der Waals surface area contributed by atoms with Gasteiger partial charge in [-0.3, -0.25) is 4.90 Å². The van der Waals surface area contributed by atoms with Crippen molar-refractivity contribution in [2.45, 2.75) is 19.5 Å². The number of halogens is 1. The van der Waals surface area contributed by atoms with Crippen LogP contribution in [0.5, 0.6) is 5.75 Å². The van der Waals surface area contributed by atoms with E-state index in [-0.39, 0.29) is 6.03 Å². The predicted octanol–water partition coefficient (Wildman–Crippen LogP) is 6.16. The van der Waals surface area contributed by atoms with Crippen molar-refractivity contribution in [2.24, 2.45) is 0 Å². The zero-order chi connectivity index (χ0) is 23.7. The highest BCUT2D eigenvalue weighted by atomic mass is 35.5. The van der Waals surface area contributed by atoms with Gasteiger partial charge < -0.3 is 14.6 Å². The predicted molar refractivity (Wildman–Crippen MR) is 131 cm³/mol. The molecule has 0 aliphatic carbocycles. The van der Waals surface area contributed by atoms with Crippen LogP contribution in [0.4, 0.5) is 4.79 Å². The second kappa shape index (κ2) is 9.32.